The number of aryl methyl sites for hydroxylation is 1. The van der Waals surface area contributed by atoms with Gasteiger partial charge in [-0.1, -0.05) is 6.92 Å². The molecule has 1 amide bonds. The summed E-state index contributed by atoms with van der Waals surface area (Å²) in [7, 11) is 1.62. The van der Waals surface area contributed by atoms with Gasteiger partial charge in [-0.05, 0) is 28.9 Å². The van der Waals surface area contributed by atoms with Gasteiger partial charge in [0.1, 0.15) is 0 Å². The van der Waals surface area contributed by atoms with Crippen LogP contribution in [0, 0.1) is 5.92 Å². The molecule has 2 unspecified atom stereocenters. The summed E-state index contributed by atoms with van der Waals surface area (Å²) in [5, 5.41) is 2.72. The number of anilines is 1. The average Bonchev–Trinajstić information content (AvgIpc) is 2.24. The molecule has 0 fully saturated rings. The lowest BCUT2D eigenvalue weighted by molar-refractivity contribution is -0.119. The lowest BCUT2D eigenvalue weighted by atomic mass is 10.0. The Morgan fingerprint density at radius 3 is 2.50 bits per heavy atom. The van der Waals surface area contributed by atoms with Crippen molar-refractivity contribution in [2.24, 2.45) is 18.7 Å². The molecule has 7 heteroatoms. The van der Waals surface area contributed by atoms with E-state index >= 15 is 0 Å². The molecule has 18 heavy (non-hydrogen) atoms. The Morgan fingerprint density at radius 1 is 1.50 bits per heavy atom. The number of nitrogens with zero attached hydrogens (tertiary/aromatic N) is 1. The van der Waals surface area contributed by atoms with Crippen LogP contribution in [0.25, 0.3) is 0 Å². The number of nitrogens with one attached hydrogen (secondary N) is 1. The fourth-order valence-corrected chi connectivity index (χ4v) is 1.76. The van der Waals surface area contributed by atoms with Crippen molar-refractivity contribution in [3.63, 3.8) is 0 Å². The van der Waals surface area contributed by atoms with Gasteiger partial charge in [0.05, 0.1) is 16.1 Å². The number of pyridine rings is 1. The number of rotatable bonds is 3. The van der Waals surface area contributed by atoms with E-state index < -0.39 is 0 Å². The van der Waals surface area contributed by atoms with Gasteiger partial charge in [0.15, 0.2) is 0 Å². The molecular weight excluding hydrogens is 321 g/mol. The molecule has 1 aromatic rings. The zero-order valence-electron chi connectivity index (χ0n) is 10.4. The standard InChI is InChI=1S/C11H16BrN3O2.ClH/c1-6(7(2)13)10(16)14-8-4-9(12)11(17)15(3)5-8;/h4-7H,13H2,1-3H3,(H,14,16);1H. The summed E-state index contributed by atoms with van der Waals surface area (Å²) in [6.45, 7) is 3.54. The minimum atomic E-state index is -0.286. The maximum atomic E-state index is 11.8. The molecule has 0 saturated heterocycles. The average molecular weight is 339 g/mol. The lowest BCUT2D eigenvalue weighted by Crippen LogP contribution is -2.34. The summed E-state index contributed by atoms with van der Waals surface area (Å²) in [5.74, 6) is -0.448. The minimum Gasteiger partial charge on any atom is -0.327 e. The number of hydrogen-bond donors (Lipinski definition) is 2. The van der Waals surface area contributed by atoms with Gasteiger partial charge in [0.25, 0.3) is 5.56 Å². The second-order valence-electron chi connectivity index (χ2n) is 4.13. The van der Waals surface area contributed by atoms with E-state index in [1.165, 1.54) is 4.57 Å². The molecule has 5 nitrogen and oxygen atoms in total. The normalized spacial score (nSPS) is 13.4. The highest BCUT2D eigenvalue weighted by atomic mass is 79.9. The molecule has 2 atom stereocenters. The maximum absolute atomic E-state index is 11.8. The quantitative estimate of drug-likeness (QED) is 0.876. The first-order chi connectivity index (χ1) is 7.82. The Morgan fingerprint density at radius 2 is 2.06 bits per heavy atom. The third kappa shape index (κ3) is 4.12. The molecule has 1 aromatic heterocycles. The van der Waals surface area contributed by atoms with E-state index in [2.05, 4.69) is 21.2 Å². The molecule has 1 rings (SSSR count). The maximum Gasteiger partial charge on any atom is 0.264 e. The van der Waals surface area contributed by atoms with E-state index in [1.807, 2.05) is 0 Å². The number of nitrogens with two attached hydrogens (primary N) is 1. The van der Waals surface area contributed by atoms with E-state index in [-0.39, 0.29) is 35.8 Å². The zero-order valence-corrected chi connectivity index (χ0v) is 12.8. The van der Waals surface area contributed by atoms with Crippen molar-refractivity contribution in [3.05, 3.63) is 27.1 Å². The Labute approximate surface area is 120 Å². The monoisotopic (exact) mass is 337 g/mol. The van der Waals surface area contributed by atoms with Crippen molar-refractivity contribution < 1.29 is 4.79 Å². The van der Waals surface area contributed by atoms with Gasteiger partial charge in [0, 0.05) is 19.3 Å². The number of carbonyl (C=O) groups is 1. The van der Waals surface area contributed by atoms with Gasteiger partial charge < -0.3 is 15.6 Å². The molecule has 0 aliphatic carbocycles. The fourth-order valence-electron chi connectivity index (χ4n) is 1.23. The third-order valence-corrected chi connectivity index (χ3v) is 3.18. The number of aromatic nitrogens is 1. The number of hydrogen-bond acceptors (Lipinski definition) is 3. The largest absolute Gasteiger partial charge is 0.327 e. The highest BCUT2D eigenvalue weighted by molar-refractivity contribution is 9.10. The van der Waals surface area contributed by atoms with Gasteiger partial charge in [-0.25, -0.2) is 0 Å². The SMILES string of the molecule is CC(N)C(C)C(=O)Nc1cc(Br)c(=O)n(C)c1.Cl. The molecule has 1 heterocycles. The topological polar surface area (TPSA) is 77.1 Å². The van der Waals surface area contributed by atoms with Crippen LogP contribution in [0.1, 0.15) is 13.8 Å². The number of halogens is 2. The van der Waals surface area contributed by atoms with Gasteiger partial charge >= 0.3 is 0 Å². The van der Waals surface area contributed by atoms with E-state index in [0.717, 1.165) is 0 Å². The summed E-state index contributed by atoms with van der Waals surface area (Å²) in [6.07, 6.45) is 1.57. The molecule has 3 N–H and O–H groups in total. The van der Waals surface area contributed by atoms with Crippen LogP contribution >= 0.6 is 28.3 Å². The van der Waals surface area contributed by atoms with Gasteiger partial charge in [0.2, 0.25) is 5.91 Å². The van der Waals surface area contributed by atoms with Crippen LogP contribution < -0.4 is 16.6 Å². The summed E-state index contributed by atoms with van der Waals surface area (Å²) in [4.78, 5) is 23.2. The highest BCUT2D eigenvalue weighted by Crippen LogP contribution is 2.13. The van der Waals surface area contributed by atoms with Crippen LogP contribution in [0.3, 0.4) is 0 Å². The van der Waals surface area contributed by atoms with Gasteiger partial charge in [-0.3, -0.25) is 9.59 Å². The van der Waals surface area contributed by atoms with E-state index in [0.29, 0.717) is 10.2 Å². The van der Waals surface area contributed by atoms with Crippen molar-refractivity contribution in [2.45, 2.75) is 19.9 Å². The van der Waals surface area contributed by atoms with Crippen molar-refractivity contribution in [1.29, 1.82) is 0 Å². The Balaban J connectivity index is 0.00000289. The van der Waals surface area contributed by atoms with Crippen LogP contribution in [-0.2, 0) is 11.8 Å². The third-order valence-electron chi connectivity index (χ3n) is 2.61. The summed E-state index contributed by atoms with van der Waals surface area (Å²) in [6, 6.07) is 1.36. The van der Waals surface area contributed by atoms with Crippen molar-refractivity contribution in [1.82, 2.24) is 4.57 Å². The fraction of sp³-hybridized carbons (Fsp3) is 0.455. The summed E-state index contributed by atoms with van der Waals surface area (Å²) < 4.78 is 1.81. The van der Waals surface area contributed by atoms with Crippen LogP contribution in [0.15, 0.2) is 21.5 Å². The van der Waals surface area contributed by atoms with Crippen molar-refractivity contribution in [3.8, 4) is 0 Å². The zero-order chi connectivity index (χ0) is 13.2. The summed E-state index contributed by atoms with van der Waals surface area (Å²) >= 11 is 3.14. The van der Waals surface area contributed by atoms with Crippen LogP contribution in [-0.4, -0.2) is 16.5 Å². The Kier molecular flexibility index (Phi) is 6.59. The predicted octanol–water partition coefficient (Wildman–Crippen LogP) is 1.49. The van der Waals surface area contributed by atoms with E-state index in [1.54, 1.807) is 33.2 Å². The molecule has 0 aromatic carbocycles. The van der Waals surface area contributed by atoms with Gasteiger partial charge in [-0.2, -0.15) is 0 Å². The second kappa shape index (κ2) is 6.92. The summed E-state index contributed by atoms with van der Waals surface area (Å²) in [5.41, 5.74) is 6.07. The second-order valence-corrected chi connectivity index (χ2v) is 4.98. The van der Waals surface area contributed by atoms with Gasteiger partial charge in [-0.15, -0.1) is 12.4 Å². The first-order valence-corrected chi connectivity index (χ1v) is 6.05. The molecule has 0 saturated carbocycles. The van der Waals surface area contributed by atoms with Crippen LogP contribution in [0.5, 0.6) is 0 Å². The predicted molar refractivity (Wildman–Crippen MR) is 78.1 cm³/mol. The molecule has 0 aliphatic rings. The first kappa shape index (κ1) is 17.2. The lowest BCUT2D eigenvalue weighted by Gasteiger charge is -2.15. The minimum absolute atomic E-state index is 0. The molecule has 0 aliphatic heterocycles. The van der Waals surface area contributed by atoms with Crippen LogP contribution in [0.4, 0.5) is 5.69 Å². The number of amides is 1. The van der Waals surface area contributed by atoms with Crippen molar-refractivity contribution in [2.75, 3.05) is 5.32 Å². The molecular formula is C11H17BrClN3O2. The van der Waals surface area contributed by atoms with Crippen molar-refractivity contribution >= 4 is 39.9 Å². The molecule has 102 valence electrons. The molecule has 0 bridgehead atoms. The smallest absolute Gasteiger partial charge is 0.264 e. The van der Waals surface area contributed by atoms with E-state index in [9.17, 15) is 9.59 Å². The van der Waals surface area contributed by atoms with E-state index in [4.69, 9.17) is 5.73 Å². The highest BCUT2D eigenvalue weighted by Gasteiger charge is 2.17. The Bertz CT molecular complexity index is 461. The molecule has 0 spiro atoms. The van der Waals surface area contributed by atoms with Crippen LogP contribution in [0.2, 0.25) is 0 Å². The first-order valence-electron chi connectivity index (χ1n) is 5.25. The Hall–Kier alpha value is -0.850. The number of carbonyl (C=O) groups excluding carboxylic acids is 1. The molecule has 0 radical (unpaired) electrons.